The molecular formula is C16H26N2O. The Labute approximate surface area is 116 Å². The minimum atomic E-state index is 0.182. The zero-order valence-corrected chi connectivity index (χ0v) is 12.1. The maximum Gasteiger partial charge on any atom is 0.222 e. The van der Waals surface area contributed by atoms with Crippen LogP contribution in [0.2, 0.25) is 0 Å². The van der Waals surface area contributed by atoms with Crippen LogP contribution in [-0.2, 0) is 11.3 Å². The second-order valence-electron chi connectivity index (χ2n) is 5.17. The molecule has 19 heavy (non-hydrogen) atoms. The molecule has 1 rings (SSSR count). The minimum Gasteiger partial charge on any atom is -0.338 e. The highest BCUT2D eigenvalue weighted by Crippen LogP contribution is 2.09. The Balaban J connectivity index is 2.49. The highest BCUT2D eigenvalue weighted by Gasteiger charge is 2.12. The van der Waals surface area contributed by atoms with Gasteiger partial charge in [0.25, 0.3) is 0 Å². The van der Waals surface area contributed by atoms with E-state index in [1.807, 2.05) is 30.0 Å². The quantitative estimate of drug-likeness (QED) is 0.783. The van der Waals surface area contributed by atoms with Crippen molar-refractivity contribution in [3.05, 3.63) is 35.9 Å². The number of hydrogen-bond donors (Lipinski definition) is 1. The first-order valence-electron chi connectivity index (χ1n) is 7.20. The van der Waals surface area contributed by atoms with E-state index in [-0.39, 0.29) is 11.9 Å². The third kappa shape index (κ3) is 6.39. The van der Waals surface area contributed by atoms with Crippen LogP contribution < -0.4 is 5.73 Å². The first-order chi connectivity index (χ1) is 9.13. The van der Waals surface area contributed by atoms with Crippen molar-refractivity contribution in [2.45, 2.75) is 52.1 Å². The molecule has 0 aromatic heterocycles. The lowest BCUT2D eigenvalue weighted by Gasteiger charge is -2.22. The molecule has 1 amide bonds. The molecule has 3 heteroatoms. The van der Waals surface area contributed by atoms with Crippen molar-refractivity contribution in [3.63, 3.8) is 0 Å². The molecule has 0 saturated carbocycles. The Kier molecular flexibility index (Phi) is 7.19. The summed E-state index contributed by atoms with van der Waals surface area (Å²) in [6, 6.07) is 10.3. The minimum absolute atomic E-state index is 0.182. The zero-order valence-electron chi connectivity index (χ0n) is 12.1. The number of amides is 1. The summed E-state index contributed by atoms with van der Waals surface area (Å²) in [6.45, 7) is 5.63. The summed E-state index contributed by atoms with van der Waals surface area (Å²) >= 11 is 0. The molecule has 1 unspecified atom stereocenters. The Bertz CT molecular complexity index is 362. The van der Waals surface area contributed by atoms with E-state index in [0.29, 0.717) is 13.0 Å². The lowest BCUT2D eigenvalue weighted by molar-refractivity contribution is -0.132. The molecule has 0 bridgehead atoms. The first-order valence-corrected chi connectivity index (χ1v) is 7.20. The van der Waals surface area contributed by atoms with E-state index in [9.17, 15) is 4.79 Å². The van der Waals surface area contributed by atoms with E-state index in [4.69, 9.17) is 5.73 Å². The van der Waals surface area contributed by atoms with E-state index in [2.05, 4.69) is 19.1 Å². The van der Waals surface area contributed by atoms with Crippen LogP contribution in [0, 0.1) is 0 Å². The van der Waals surface area contributed by atoms with Crippen molar-refractivity contribution in [2.75, 3.05) is 6.54 Å². The summed E-state index contributed by atoms with van der Waals surface area (Å²) in [5.41, 5.74) is 6.90. The van der Waals surface area contributed by atoms with E-state index in [1.54, 1.807) is 0 Å². The average molecular weight is 262 g/mol. The summed E-state index contributed by atoms with van der Waals surface area (Å²) in [4.78, 5) is 14.2. The Hall–Kier alpha value is -1.35. The molecule has 1 atom stereocenters. The van der Waals surface area contributed by atoms with Crippen molar-refractivity contribution in [1.82, 2.24) is 4.90 Å². The lowest BCUT2D eigenvalue weighted by Crippen LogP contribution is -2.31. The molecule has 0 aliphatic heterocycles. The number of benzene rings is 1. The Morgan fingerprint density at radius 2 is 2.00 bits per heavy atom. The first kappa shape index (κ1) is 15.7. The van der Waals surface area contributed by atoms with Crippen LogP contribution in [-0.4, -0.2) is 23.4 Å². The highest BCUT2D eigenvalue weighted by molar-refractivity contribution is 5.76. The molecule has 0 heterocycles. The van der Waals surface area contributed by atoms with E-state index >= 15 is 0 Å². The summed E-state index contributed by atoms with van der Waals surface area (Å²) < 4.78 is 0. The van der Waals surface area contributed by atoms with Gasteiger partial charge in [0.15, 0.2) is 0 Å². The van der Waals surface area contributed by atoms with Gasteiger partial charge in [0.1, 0.15) is 0 Å². The second kappa shape index (κ2) is 8.70. The second-order valence-corrected chi connectivity index (χ2v) is 5.17. The molecule has 0 spiro atoms. The van der Waals surface area contributed by atoms with Crippen molar-refractivity contribution in [3.8, 4) is 0 Å². The van der Waals surface area contributed by atoms with Crippen LogP contribution >= 0.6 is 0 Å². The van der Waals surface area contributed by atoms with Gasteiger partial charge in [-0.2, -0.15) is 0 Å². The zero-order chi connectivity index (χ0) is 14.1. The van der Waals surface area contributed by atoms with Gasteiger partial charge < -0.3 is 10.6 Å². The van der Waals surface area contributed by atoms with Gasteiger partial charge in [0.2, 0.25) is 5.91 Å². The van der Waals surface area contributed by atoms with Crippen LogP contribution in [0.1, 0.15) is 45.1 Å². The van der Waals surface area contributed by atoms with Crippen LogP contribution in [0.25, 0.3) is 0 Å². The SMILES string of the molecule is CCCN(Cc1ccccc1)C(=O)CCCC(C)N. The number of nitrogens with zero attached hydrogens (tertiary/aromatic N) is 1. The highest BCUT2D eigenvalue weighted by atomic mass is 16.2. The Morgan fingerprint density at radius 3 is 2.58 bits per heavy atom. The van der Waals surface area contributed by atoms with Gasteiger partial charge in [-0.3, -0.25) is 4.79 Å². The molecule has 0 fully saturated rings. The molecule has 0 saturated heterocycles. The molecule has 1 aromatic rings. The monoisotopic (exact) mass is 262 g/mol. The number of hydrogen-bond acceptors (Lipinski definition) is 2. The largest absolute Gasteiger partial charge is 0.338 e. The van der Waals surface area contributed by atoms with E-state index in [0.717, 1.165) is 25.8 Å². The normalized spacial score (nSPS) is 12.2. The standard InChI is InChI=1S/C16H26N2O/c1-3-12-18(13-15-9-5-4-6-10-15)16(19)11-7-8-14(2)17/h4-6,9-10,14H,3,7-8,11-13,17H2,1-2H3. The molecule has 2 N–H and O–H groups in total. The summed E-state index contributed by atoms with van der Waals surface area (Å²) in [6.07, 6.45) is 3.39. The van der Waals surface area contributed by atoms with E-state index in [1.165, 1.54) is 5.56 Å². The fraction of sp³-hybridized carbons (Fsp3) is 0.562. The van der Waals surface area contributed by atoms with Gasteiger partial charge in [-0.1, -0.05) is 37.3 Å². The van der Waals surface area contributed by atoms with Crippen molar-refractivity contribution in [1.29, 1.82) is 0 Å². The van der Waals surface area contributed by atoms with Gasteiger partial charge in [0.05, 0.1) is 0 Å². The molecule has 0 radical (unpaired) electrons. The predicted molar refractivity (Wildman–Crippen MR) is 79.7 cm³/mol. The third-order valence-corrected chi connectivity index (χ3v) is 3.11. The predicted octanol–water partition coefficient (Wildman–Crippen LogP) is 2.94. The molecule has 3 nitrogen and oxygen atoms in total. The number of nitrogens with two attached hydrogens (primary N) is 1. The fourth-order valence-corrected chi connectivity index (χ4v) is 2.10. The Morgan fingerprint density at radius 1 is 1.32 bits per heavy atom. The van der Waals surface area contributed by atoms with Crippen LogP contribution in [0.4, 0.5) is 0 Å². The maximum atomic E-state index is 12.2. The third-order valence-electron chi connectivity index (χ3n) is 3.11. The van der Waals surface area contributed by atoms with Gasteiger partial charge in [0, 0.05) is 25.6 Å². The van der Waals surface area contributed by atoms with Crippen molar-refractivity contribution in [2.24, 2.45) is 5.73 Å². The molecule has 106 valence electrons. The molecule has 0 aliphatic carbocycles. The van der Waals surface area contributed by atoms with Gasteiger partial charge in [-0.05, 0) is 31.7 Å². The smallest absolute Gasteiger partial charge is 0.222 e. The summed E-state index contributed by atoms with van der Waals surface area (Å²) in [5.74, 6) is 0.242. The molecule has 0 aliphatic rings. The van der Waals surface area contributed by atoms with Crippen LogP contribution in [0.15, 0.2) is 30.3 Å². The van der Waals surface area contributed by atoms with Gasteiger partial charge in [-0.15, -0.1) is 0 Å². The topological polar surface area (TPSA) is 46.3 Å². The van der Waals surface area contributed by atoms with Crippen LogP contribution in [0.5, 0.6) is 0 Å². The van der Waals surface area contributed by atoms with Crippen molar-refractivity contribution < 1.29 is 4.79 Å². The van der Waals surface area contributed by atoms with E-state index < -0.39 is 0 Å². The van der Waals surface area contributed by atoms with Crippen LogP contribution in [0.3, 0.4) is 0 Å². The average Bonchev–Trinajstić information content (AvgIpc) is 2.39. The lowest BCUT2D eigenvalue weighted by atomic mass is 10.1. The van der Waals surface area contributed by atoms with Gasteiger partial charge >= 0.3 is 0 Å². The summed E-state index contributed by atoms with van der Waals surface area (Å²) in [7, 11) is 0. The summed E-state index contributed by atoms with van der Waals surface area (Å²) in [5, 5.41) is 0. The number of carbonyl (C=O) groups excluding carboxylic acids is 1. The number of rotatable bonds is 8. The maximum absolute atomic E-state index is 12.2. The molecular weight excluding hydrogens is 236 g/mol. The van der Waals surface area contributed by atoms with Crippen molar-refractivity contribution >= 4 is 5.91 Å². The van der Waals surface area contributed by atoms with Gasteiger partial charge in [-0.25, -0.2) is 0 Å². The molecule has 1 aromatic carbocycles. The number of carbonyl (C=O) groups is 1. The fourth-order valence-electron chi connectivity index (χ4n) is 2.10.